The fraction of sp³-hybridized carbons (Fsp3) is 1.00. The maximum Gasteiger partial charge on any atom is 0.0558 e. The third kappa shape index (κ3) is 9.76. The summed E-state index contributed by atoms with van der Waals surface area (Å²) < 4.78 is 0. The summed E-state index contributed by atoms with van der Waals surface area (Å²) in [5.41, 5.74) is 0. The third-order valence-electron chi connectivity index (χ3n) is 1.68. The van der Waals surface area contributed by atoms with Crippen LogP contribution in [-0.2, 0) is 0 Å². The summed E-state index contributed by atoms with van der Waals surface area (Å²) in [6.45, 7) is 2.70. The van der Waals surface area contributed by atoms with Crippen LogP contribution in [0.2, 0.25) is 0 Å². The molecule has 0 saturated carbocycles. The molecule has 0 bridgehead atoms. The minimum absolute atomic E-state index is 0. The van der Waals surface area contributed by atoms with Gasteiger partial charge in [-0.25, -0.2) is 0 Å². The fourth-order valence-electron chi connectivity index (χ4n) is 1.07. The monoisotopic (exact) mass is 193 g/mol. The summed E-state index contributed by atoms with van der Waals surface area (Å²) in [4.78, 5) is 2.03. The molecule has 0 fully saturated rings. The van der Waals surface area contributed by atoms with Crippen molar-refractivity contribution in [2.75, 3.05) is 39.5 Å². The molecule has 13 heavy (non-hydrogen) atoms. The largest absolute Gasteiger partial charge is 0.396 e. The zero-order valence-electron chi connectivity index (χ0n) is 7.45. The number of aliphatic hydroxyl groups is 3. The van der Waals surface area contributed by atoms with E-state index in [2.05, 4.69) is 0 Å². The Labute approximate surface area is 80.8 Å². The third-order valence-corrected chi connectivity index (χ3v) is 1.68. The standard InChI is InChI=1S/C8H19NO3.CH4/c10-6-1-3-9(5-8-12)4-2-7-11;/h10-12H,1-8H2;1H4. The van der Waals surface area contributed by atoms with Crippen LogP contribution < -0.4 is 0 Å². The van der Waals surface area contributed by atoms with Gasteiger partial charge in [-0.05, 0) is 12.8 Å². The first-order valence-electron chi connectivity index (χ1n) is 4.40. The van der Waals surface area contributed by atoms with Crippen molar-refractivity contribution >= 4 is 0 Å². The maximum atomic E-state index is 8.67. The van der Waals surface area contributed by atoms with Crippen molar-refractivity contribution in [3.8, 4) is 0 Å². The van der Waals surface area contributed by atoms with Gasteiger partial charge in [0.05, 0.1) is 6.61 Å². The van der Waals surface area contributed by atoms with Gasteiger partial charge in [-0.2, -0.15) is 0 Å². The Morgan fingerprint density at radius 1 is 0.692 bits per heavy atom. The first kappa shape index (κ1) is 15.3. The molecule has 0 aliphatic carbocycles. The summed E-state index contributed by atoms with van der Waals surface area (Å²) >= 11 is 0. The van der Waals surface area contributed by atoms with Gasteiger partial charge in [-0.15, -0.1) is 0 Å². The first-order chi connectivity index (χ1) is 5.85. The molecule has 0 amide bonds. The van der Waals surface area contributed by atoms with E-state index in [1.165, 1.54) is 0 Å². The maximum absolute atomic E-state index is 8.67. The Kier molecular flexibility index (Phi) is 14.0. The van der Waals surface area contributed by atoms with E-state index in [0.717, 1.165) is 25.9 Å². The lowest BCUT2D eigenvalue weighted by molar-refractivity contribution is 0.166. The number of hydrogen-bond donors (Lipinski definition) is 3. The molecule has 0 heterocycles. The second kappa shape index (κ2) is 11.8. The van der Waals surface area contributed by atoms with Crippen molar-refractivity contribution in [1.82, 2.24) is 4.90 Å². The number of rotatable bonds is 8. The Hall–Kier alpha value is -0.160. The molecule has 0 aliphatic rings. The van der Waals surface area contributed by atoms with Gasteiger partial charge in [-0.3, -0.25) is 0 Å². The minimum atomic E-state index is 0. The van der Waals surface area contributed by atoms with Crippen LogP contribution in [0.25, 0.3) is 0 Å². The van der Waals surface area contributed by atoms with Crippen LogP contribution in [0.3, 0.4) is 0 Å². The van der Waals surface area contributed by atoms with E-state index in [0.29, 0.717) is 6.54 Å². The molecule has 0 atom stereocenters. The van der Waals surface area contributed by atoms with Crippen LogP contribution in [0.15, 0.2) is 0 Å². The lowest BCUT2D eigenvalue weighted by atomic mass is 10.3. The predicted molar refractivity (Wildman–Crippen MR) is 53.7 cm³/mol. The van der Waals surface area contributed by atoms with Gasteiger partial charge >= 0.3 is 0 Å². The highest BCUT2D eigenvalue weighted by Crippen LogP contribution is 1.92. The summed E-state index contributed by atoms with van der Waals surface area (Å²) in [6, 6.07) is 0. The van der Waals surface area contributed by atoms with E-state index in [1.807, 2.05) is 4.90 Å². The molecule has 0 aliphatic heterocycles. The average molecular weight is 193 g/mol. The molecule has 0 unspecified atom stereocenters. The van der Waals surface area contributed by atoms with Crippen molar-refractivity contribution in [3.05, 3.63) is 0 Å². The zero-order chi connectivity index (χ0) is 9.23. The lowest BCUT2D eigenvalue weighted by Gasteiger charge is -2.19. The minimum Gasteiger partial charge on any atom is -0.396 e. The van der Waals surface area contributed by atoms with Crippen molar-refractivity contribution in [2.45, 2.75) is 20.3 Å². The van der Waals surface area contributed by atoms with Crippen LogP contribution in [0.5, 0.6) is 0 Å². The number of nitrogens with zero attached hydrogens (tertiary/aromatic N) is 1. The van der Waals surface area contributed by atoms with Crippen molar-refractivity contribution in [1.29, 1.82) is 0 Å². The van der Waals surface area contributed by atoms with Crippen LogP contribution in [-0.4, -0.2) is 59.7 Å². The van der Waals surface area contributed by atoms with Gasteiger partial charge in [0.25, 0.3) is 0 Å². The average Bonchev–Trinajstić information content (AvgIpc) is 2.10. The molecule has 0 aromatic rings. The van der Waals surface area contributed by atoms with Crippen molar-refractivity contribution < 1.29 is 15.3 Å². The number of aliphatic hydroxyl groups excluding tert-OH is 3. The Morgan fingerprint density at radius 2 is 1.15 bits per heavy atom. The SMILES string of the molecule is C.OCCCN(CCO)CCCO. The smallest absolute Gasteiger partial charge is 0.0558 e. The van der Waals surface area contributed by atoms with Crippen LogP contribution in [0, 0.1) is 0 Å². The van der Waals surface area contributed by atoms with Gasteiger partial charge in [0, 0.05) is 32.8 Å². The molecule has 0 aromatic heterocycles. The second-order valence-electron chi connectivity index (χ2n) is 2.72. The topological polar surface area (TPSA) is 63.9 Å². The predicted octanol–water partition coefficient (Wildman–Crippen LogP) is -0.318. The highest BCUT2D eigenvalue weighted by molar-refractivity contribution is 4.56. The second-order valence-corrected chi connectivity index (χ2v) is 2.72. The molecule has 0 spiro atoms. The molecule has 0 rings (SSSR count). The van der Waals surface area contributed by atoms with E-state index in [9.17, 15) is 0 Å². The first-order valence-corrected chi connectivity index (χ1v) is 4.40. The summed E-state index contributed by atoms with van der Waals surface area (Å²) in [5, 5.41) is 25.8. The summed E-state index contributed by atoms with van der Waals surface area (Å²) in [5.74, 6) is 0. The Morgan fingerprint density at radius 3 is 1.46 bits per heavy atom. The molecular weight excluding hydrogens is 170 g/mol. The molecule has 4 heteroatoms. The molecule has 0 radical (unpaired) electrons. The van der Waals surface area contributed by atoms with Gasteiger partial charge in [0.1, 0.15) is 0 Å². The molecule has 3 N–H and O–H groups in total. The van der Waals surface area contributed by atoms with Crippen molar-refractivity contribution in [3.63, 3.8) is 0 Å². The number of hydrogen-bond acceptors (Lipinski definition) is 4. The van der Waals surface area contributed by atoms with Gasteiger partial charge in [-0.1, -0.05) is 7.43 Å². The molecular formula is C9H23NO3. The summed E-state index contributed by atoms with van der Waals surface area (Å²) in [7, 11) is 0. The highest BCUT2D eigenvalue weighted by atomic mass is 16.3. The molecule has 0 saturated heterocycles. The Balaban J connectivity index is 0. The van der Waals surface area contributed by atoms with Gasteiger partial charge < -0.3 is 20.2 Å². The summed E-state index contributed by atoms with van der Waals surface area (Å²) in [6.07, 6.45) is 1.46. The zero-order valence-corrected chi connectivity index (χ0v) is 7.45. The lowest BCUT2D eigenvalue weighted by Crippen LogP contribution is -2.30. The van der Waals surface area contributed by atoms with Gasteiger partial charge in [0.15, 0.2) is 0 Å². The normalized spacial score (nSPS) is 10.2. The van der Waals surface area contributed by atoms with Crippen LogP contribution >= 0.6 is 0 Å². The van der Waals surface area contributed by atoms with Crippen molar-refractivity contribution in [2.24, 2.45) is 0 Å². The molecule has 0 aromatic carbocycles. The van der Waals surface area contributed by atoms with E-state index in [-0.39, 0.29) is 27.2 Å². The molecule has 4 nitrogen and oxygen atoms in total. The fourth-order valence-corrected chi connectivity index (χ4v) is 1.07. The quantitative estimate of drug-likeness (QED) is 0.494. The van der Waals surface area contributed by atoms with Crippen LogP contribution in [0.1, 0.15) is 20.3 Å². The van der Waals surface area contributed by atoms with E-state index >= 15 is 0 Å². The highest BCUT2D eigenvalue weighted by Gasteiger charge is 2.01. The van der Waals surface area contributed by atoms with Crippen LogP contribution in [0.4, 0.5) is 0 Å². The van der Waals surface area contributed by atoms with E-state index in [4.69, 9.17) is 15.3 Å². The molecule has 82 valence electrons. The van der Waals surface area contributed by atoms with Gasteiger partial charge in [0.2, 0.25) is 0 Å². The Bertz CT molecular complexity index is 82.9. The van der Waals surface area contributed by atoms with E-state index < -0.39 is 0 Å². The van der Waals surface area contributed by atoms with E-state index in [1.54, 1.807) is 0 Å².